The third-order valence-corrected chi connectivity index (χ3v) is 4.21. The van der Waals surface area contributed by atoms with E-state index in [1.54, 1.807) is 6.07 Å². The Morgan fingerprint density at radius 1 is 1.06 bits per heavy atom. The molecular formula is C13H9BrCl3N. The molecule has 0 saturated heterocycles. The van der Waals surface area contributed by atoms with Gasteiger partial charge in [-0.3, -0.25) is 0 Å². The van der Waals surface area contributed by atoms with Gasteiger partial charge in [-0.05, 0) is 45.8 Å². The standard InChI is InChI=1S/C13H9BrCl3N/c14-10-5-4-9(15)6-12(10)18-7-8-2-1-3-11(16)13(8)17/h1-6,18H,7H2. The van der Waals surface area contributed by atoms with E-state index >= 15 is 0 Å². The van der Waals surface area contributed by atoms with Crippen molar-refractivity contribution in [2.75, 3.05) is 5.32 Å². The Morgan fingerprint density at radius 2 is 1.83 bits per heavy atom. The first-order valence-electron chi connectivity index (χ1n) is 5.20. The fraction of sp³-hybridized carbons (Fsp3) is 0.0769. The number of halogens is 4. The average Bonchev–Trinajstić information content (AvgIpc) is 2.35. The molecule has 0 unspecified atom stereocenters. The smallest absolute Gasteiger partial charge is 0.0642 e. The van der Waals surface area contributed by atoms with Crippen LogP contribution in [0.25, 0.3) is 0 Å². The topological polar surface area (TPSA) is 12.0 Å². The molecular weight excluding hydrogens is 356 g/mol. The fourth-order valence-electron chi connectivity index (χ4n) is 1.51. The third kappa shape index (κ3) is 3.33. The van der Waals surface area contributed by atoms with Crippen LogP contribution in [0.1, 0.15) is 5.56 Å². The second-order valence-electron chi connectivity index (χ2n) is 3.69. The summed E-state index contributed by atoms with van der Waals surface area (Å²) in [6, 6.07) is 11.1. The van der Waals surface area contributed by atoms with Gasteiger partial charge in [0.1, 0.15) is 0 Å². The van der Waals surface area contributed by atoms with Gasteiger partial charge >= 0.3 is 0 Å². The largest absolute Gasteiger partial charge is 0.380 e. The Labute approximate surface area is 129 Å². The molecule has 18 heavy (non-hydrogen) atoms. The van der Waals surface area contributed by atoms with Crippen molar-refractivity contribution >= 4 is 56.4 Å². The molecule has 94 valence electrons. The van der Waals surface area contributed by atoms with Crippen LogP contribution in [0.2, 0.25) is 15.1 Å². The van der Waals surface area contributed by atoms with Crippen LogP contribution in [0.3, 0.4) is 0 Å². The Kier molecular flexibility index (Phi) is 4.79. The molecule has 1 N–H and O–H groups in total. The number of anilines is 1. The molecule has 5 heteroatoms. The van der Waals surface area contributed by atoms with Crippen LogP contribution >= 0.6 is 50.7 Å². The van der Waals surface area contributed by atoms with Crippen LogP contribution in [0.5, 0.6) is 0 Å². The summed E-state index contributed by atoms with van der Waals surface area (Å²) in [5.74, 6) is 0. The van der Waals surface area contributed by atoms with Crippen molar-refractivity contribution in [3.05, 3.63) is 61.5 Å². The van der Waals surface area contributed by atoms with Crippen molar-refractivity contribution in [3.63, 3.8) is 0 Å². The van der Waals surface area contributed by atoms with E-state index in [1.807, 2.05) is 30.3 Å². The molecule has 0 fully saturated rings. The Bertz CT molecular complexity index is 570. The highest BCUT2D eigenvalue weighted by Crippen LogP contribution is 2.29. The van der Waals surface area contributed by atoms with E-state index in [9.17, 15) is 0 Å². The van der Waals surface area contributed by atoms with Crippen LogP contribution in [0.15, 0.2) is 40.9 Å². The van der Waals surface area contributed by atoms with E-state index in [2.05, 4.69) is 21.2 Å². The summed E-state index contributed by atoms with van der Waals surface area (Å²) in [5.41, 5.74) is 1.86. The van der Waals surface area contributed by atoms with E-state index in [0.717, 1.165) is 15.7 Å². The van der Waals surface area contributed by atoms with Gasteiger partial charge in [0, 0.05) is 16.0 Å². The Balaban J connectivity index is 2.16. The van der Waals surface area contributed by atoms with Gasteiger partial charge in [0.2, 0.25) is 0 Å². The summed E-state index contributed by atoms with van der Waals surface area (Å²) in [6.07, 6.45) is 0. The summed E-state index contributed by atoms with van der Waals surface area (Å²) in [5, 5.41) is 5.07. The van der Waals surface area contributed by atoms with Crippen molar-refractivity contribution in [2.45, 2.75) is 6.54 Å². The summed E-state index contributed by atoms with van der Waals surface area (Å²) in [7, 11) is 0. The number of hydrogen-bond donors (Lipinski definition) is 1. The van der Waals surface area contributed by atoms with Crippen molar-refractivity contribution in [3.8, 4) is 0 Å². The van der Waals surface area contributed by atoms with Gasteiger partial charge in [-0.2, -0.15) is 0 Å². The van der Waals surface area contributed by atoms with Crippen LogP contribution in [-0.4, -0.2) is 0 Å². The SMILES string of the molecule is Clc1ccc(Br)c(NCc2cccc(Cl)c2Cl)c1. The number of nitrogens with one attached hydrogen (secondary N) is 1. The maximum atomic E-state index is 6.12. The Morgan fingerprint density at radius 3 is 2.61 bits per heavy atom. The Hall–Kier alpha value is -0.410. The molecule has 0 aliphatic heterocycles. The summed E-state index contributed by atoms with van der Waals surface area (Å²) >= 11 is 21.5. The molecule has 0 amide bonds. The number of rotatable bonds is 3. The van der Waals surface area contributed by atoms with Crippen molar-refractivity contribution < 1.29 is 0 Å². The van der Waals surface area contributed by atoms with Crippen molar-refractivity contribution in [2.24, 2.45) is 0 Å². The molecule has 2 rings (SSSR count). The highest BCUT2D eigenvalue weighted by Gasteiger charge is 2.05. The average molecular weight is 365 g/mol. The summed E-state index contributed by atoms with van der Waals surface area (Å²) in [4.78, 5) is 0. The van der Waals surface area contributed by atoms with Crippen LogP contribution in [0, 0.1) is 0 Å². The first kappa shape index (κ1) is 14.0. The lowest BCUT2D eigenvalue weighted by molar-refractivity contribution is 1.15. The van der Waals surface area contributed by atoms with Gasteiger partial charge in [-0.1, -0.05) is 46.9 Å². The van der Waals surface area contributed by atoms with E-state index < -0.39 is 0 Å². The predicted octanol–water partition coefficient (Wildman–Crippen LogP) is 6.02. The summed E-state index contributed by atoms with van der Waals surface area (Å²) in [6.45, 7) is 0.582. The zero-order valence-corrected chi connectivity index (χ0v) is 13.0. The van der Waals surface area contributed by atoms with Crippen LogP contribution in [0.4, 0.5) is 5.69 Å². The monoisotopic (exact) mass is 363 g/mol. The quantitative estimate of drug-likeness (QED) is 0.701. The second kappa shape index (κ2) is 6.16. The van der Waals surface area contributed by atoms with Gasteiger partial charge in [0.05, 0.1) is 15.7 Å². The third-order valence-electron chi connectivity index (χ3n) is 2.43. The minimum absolute atomic E-state index is 0.557. The molecule has 0 heterocycles. The molecule has 0 spiro atoms. The first-order valence-corrected chi connectivity index (χ1v) is 7.12. The van der Waals surface area contributed by atoms with Crippen molar-refractivity contribution in [1.29, 1.82) is 0 Å². The molecule has 0 aromatic heterocycles. The highest BCUT2D eigenvalue weighted by molar-refractivity contribution is 9.10. The normalized spacial score (nSPS) is 10.4. The van der Waals surface area contributed by atoms with Crippen LogP contribution in [-0.2, 0) is 6.54 Å². The molecule has 0 radical (unpaired) electrons. The van der Waals surface area contributed by atoms with Gasteiger partial charge in [0.15, 0.2) is 0 Å². The number of hydrogen-bond acceptors (Lipinski definition) is 1. The van der Waals surface area contributed by atoms with Gasteiger partial charge < -0.3 is 5.32 Å². The molecule has 0 aliphatic rings. The van der Waals surface area contributed by atoms with E-state index in [-0.39, 0.29) is 0 Å². The second-order valence-corrected chi connectivity index (χ2v) is 5.77. The lowest BCUT2D eigenvalue weighted by Gasteiger charge is -2.10. The maximum absolute atomic E-state index is 6.12. The van der Waals surface area contributed by atoms with Gasteiger partial charge in [-0.15, -0.1) is 0 Å². The van der Waals surface area contributed by atoms with E-state index in [1.165, 1.54) is 0 Å². The zero-order chi connectivity index (χ0) is 13.1. The first-order chi connectivity index (χ1) is 8.58. The molecule has 2 aromatic carbocycles. The lowest BCUT2D eigenvalue weighted by Crippen LogP contribution is -2.00. The molecule has 2 aromatic rings. The molecule has 0 saturated carbocycles. The maximum Gasteiger partial charge on any atom is 0.0642 e. The number of benzene rings is 2. The predicted molar refractivity (Wildman–Crippen MR) is 82.9 cm³/mol. The molecule has 0 atom stereocenters. The summed E-state index contributed by atoms with van der Waals surface area (Å²) < 4.78 is 0.949. The fourth-order valence-corrected chi connectivity index (χ4v) is 2.45. The van der Waals surface area contributed by atoms with E-state index in [0.29, 0.717) is 21.6 Å². The highest BCUT2D eigenvalue weighted by atomic mass is 79.9. The van der Waals surface area contributed by atoms with Gasteiger partial charge in [-0.25, -0.2) is 0 Å². The molecule has 0 bridgehead atoms. The molecule has 0 aliphatic carbocycles. The minimum Gasteiger partial charge on any atom is -0.380 e. The zero-order valence-electron chi connectivity index (χ0n) is 9.18. The minimum atomic E-state index is 0.557. The van der Waals surface area contributed by atoms with Gasteiger partial charge in [0.25, 0.3) is 0 Å². The molecule has 1 nitrogen and oxygen atoms in total. The van der Waals surface area contributed by atoms with Crippen molar-refractivity contribution in [1.82, 2.24) is 0 Å². The lowest BCUT2D eigenvalue weighted by atomic mass is 10.2. The van der Waals surface area contributed by atoms with E-state index in [4.69, 9.17) is 34.8 Å². The van der Waals surface area contributed by atoms with Crippen LogP contribution < -0.4 is 5.32 Å².